The summed E-state index contributed by atoms with van der Waals surface area (Å²) in [6.07, 6.45) is -5.08. The van der Waals surface area contributed by atoms with Gasteiger partial charge in [0.2, 0.25) is 5.91 Å². The largest absolute Gasteiger partial charge is 0.492 e. The fourth-order valence-electron chi connectivity index (χ4n) is 4.75. The van der Waals surface area contributed by atoms with E-state index in [2.05, 4.69) is 34.4 Å². The number of hydrogen-bond acceptors (Lipinski definition) is 9. The lowest BCUT2D eigenvalue weighted by Crippen LogP contribution is -2.50. The summed E-state index contributed by atoms with van der Waals surface area (Å²) in [7, 11) is 0. The summed E-state index contributed by atoms with van der Waals surface area (Å²) >= 11 is 1.10. The fraction of sp³-hybridized carbons (Fsp3) is 0.375. The van der Waals surface area contributed by atoms with Crippen molar-refractivity contribution in [1.29, 1.82) is 0 Å². The van der Waals surface area contributed by atoms with Gasteiger partial charge in [-0.1, -0.05) is 63.2 Å². The Labute approximate surface area is 278 Å². The number of ketones is 1. The van der Waals surface area contributed by atoms with Crippen LogP contribution in [0.3, 0.4) is 0 Å². The topological polar surface area (TPSA) is 158 Å². The van der Waals surface area contributed by atoms with Crippen LogP contribution in [0.4, 0.5) is 23.1 Å². The number of anilines is 1. The van der Waals surface area contributed by atoms with Gasteiger partial charge >= 0.3 is 18.2 Å². The molecule has 48 heavy (non-hydrogen) atoms. The third kappa shape index (κ3) is 9.84. The van der Waals surface area contributed by atoms with Crippen LogP contribution in [0.5, 0.6) is 5.75 Å². The first-order valence-electron chi connectivity index (χ1n) is 14.9. The zero-order chi connectivity index (χ0) is 35.6. The number of aliphatic carboxylic acids is 1. The number of amides is 4. The molecule has 2 aromatic carbocycles. The first-order valence-corrected chi connectivity index (χ1v) is 15.8. The highest BCUT2D eigenvalue weighted by molar-refractivity contribution is 7.14. The molecule has 0 radical (unpaired) electrons. The highest BCUT2D eigenvalue weighted by Gasteiger charge is 2.47. The molecule has 0 unspecified atom stereocenters. The number of carboxylic acids is 1. The normalized spacial score (nSPS) is 15.7. The Morgan fingerprint density at radius 1 is 1.08 bits per heavy atom. The Morgan fingerprint density at radius 3 is 2.21 bits per heavy atom. The monoisotopic (exact) mass is 691 g/mol. The SMILES string of the molecule is CCN(CC)CCOc1ccc([C@H]2NC(=O)N([C@H](C(=O)Nc3nc(C(C)=O)cs3)[C@@H](C)c3ccccc3)C2=O)cc1.O=C(O)C(F)(F)F. The van der Waals surface area contributed by atoms with Crippen LogP contribution in [0.1, 0.15) is 61.3 Å². The van der Waals surface area contributed by atoms with E-state index in [1.807, 2.05) is 30.3 Å². The molecular formula is C32H36F3N5O7S. The zero-order valence-corrected chi connectivity index (χ0v) is 27.4. The Balaban J connectivity index is 0.000000804. The number of alkyl halides is 3. The van der Waals surface area contributed by atoms with Crippen molar-refractivity contribution < 1.29 is 47.0 Å². The van der Waals surface area contributed by atoms with Gasteiger partial charge in [-0.05, 0) is 36.3 Å². The molecule has 3 N–H and O–H groups in total. The number of halogens is 3. The van der Waals surface area contributed by atoms with Crippen LogP contribution in [0.25, 0.3) is 0 Å². The highest BCUT2D eigenvalue weighted by atomic mass is 32.1. The van der Waals surface area contributed by atoms with Gasteiger partial charge in [-0.25, -0.2) is 19.5 Å². The molecule has 0 bridgehead atoms. The molecule has 1 saturated heterocycles. The number of rotatable bonds is 13. The molecule has 4 rings (SSSR count). The van der Waals surface area contributed by atoms with Gasteiger partial charge < -0.3 is 25.4 Å². The third-order valence-electron chi connectivity index (χ3n) is 7.44. The van der Waals surface area contributed by atoms with Crippen molar-refractivity contribution in [3.63, 3.8) is 0 Å². The number of carboxylic acid groups (broad SMARTS) is 1. The zero-order valence-electron chi connectivity index (χ0n) is 26.6. The molecule has 1 aromatic heterocycles. The van der Waals surface area contributed by atoms with Crippen molar-refractivity contribution >= 4 is 46.1 Å². The van der Waals surface area contributed by atoms with Gasteiger partial charge in [-0.3, -0.25) is 14.4 Å². The maximum atomic E-state index is 13.7. The number of hydrogen-bond donors (Lipinski definition) is 3. The van der Waals surface area contributed by atoms with Crippen LogP contribution in [-0.2, 0) is 14.4 Å². The number of benzene rings is 2. The number of urea groups is 1. The van der Waals surface area contributed by atoms with E-state index in [-0.39, 0.29) is 16.6 Å². The summed E-state index contributed by atoms with van der Waals surface area (Å²) in [4.78, 5) is 68.6. The van der Waals surface area contributed by atoms with Gasteiger partial charge in [-0.15, -0.1) is 11.3 Å². The number of nitrogens with zero attached hydrogens (tertiary/aromatic N) is 3. The number of nitrogens with one attached hydrogen (secondary N) is 2. The third-order valence-corrected chi connectivity index (χ3v) is 8.20. The number of ether oxygens (including phenoxy) is 1. The Morgan fingerprint density at radius 2 is 1.69 bits per heavy atom. The Kier molecular flexibility index (Phi) is 13.2. The van der Waals surface area contributed by atoms with Gasteiger partial charge in [0.15, 0.2) is 10.9 Å². The molecule has 12 nitrogen and oxygen atoms in total. The minimum atomic E-state index is -5.08. The quantitative estimate of drug-likeness (QED) is 0.164. The molecule has 16 heteroatoms. The highest BCUT2D eigenvalue weighted by Crippen LogP contribution is 2.32. The Bertz CT molecular complexity index is 1580. The van der Waals surface area contributed by atoms with E-state index in [0.717, 1.165) is 41.4 Å². The van der Waals surface area contributed by atoms with Gasteiger partial charge in [0, 0.05) is 24.8 Å². The molecule has 1 fully saturated rings. The predicted octanol–water partition coefficient (Wildman–Crippen LogP) is 5.10. The molecule has 258 valence electrons. The minimum absolute atomic E-state index is 0.214. The summed E-state index contributed by atoms with van der Waals surface area (Å²) in [6, 6.07) is 13.5. The van der Waals surface area contributed by atoms with Crippen LogP contribution in [0, 0.1) is 0 Å². The van der Waals surface area contributed by atoms with E-state index in [9.17, 15) is 32.3 Å². The molecular weight excluding hydrogens is 655 g/mol. The molecule has 0 aliphatic carbocycles. The van der Waals surface area contributed by atoms with Crippen molar-refractivity contribution in [1.82, 2.24) is 20.1 Å². The van der Waals surface area contributed by atoms with E-state index < -0.39 is 48.0 Å². The number of Topliss-reactive ketones (excluding diaryl/α,β-unsaturated/α-hetero) is 1. The van der Waals surface area contributed by atoms with Gasteiger partial charge in [0.05, 0.1) is 0 Å². The molecule has 0 saturated carbocycles. The molecule has 1 aliphatic rings. The van der Waals surface area contributed by atoms with Crippen LogP contribution in [-0.4, -0.2) is 87.9 Å². The van der Waals surface area contributed by atoms with Gasteiger partial charge in [0.25, 0.3) is 5.91 Å². The van der Waals surface area contributed by atoms with E-state index in [0.29, 0.717) is 17.9 Å². The summed E-state index contributed by atoms with van der Waals surface area (Å²) < 4.78 is 37.6. The van der Waals surface area contributed by atoms with Crippen LogP contribution in [0.15, 0.2) is 60.0 Å². The standard InChI is InChI=1S/C30H35N5O5S.C2HF3O2/c1-5-34(6-2)16-17-40-23-14-12-22(13-15-23)25-28(38)35(30(39)32-25)26(19(3)21-10-8-7-9-11-21)27(37)33-29-31-24(18-41-29)20(4)36;3-2(4,5)1(6)7/h7-15,18-19,25-26H,5-6,16-17H2,1-4H3,(H,32,39)(H,31,33,37);(H,6,7)/t19-,25+,26-;/m0./s1. The smallest absolute Gasteiger partial charge is 0.490 e. The fourth-order valence-corrected chi connectivity index (χ4v) is 5.50. The second-order valence-corrected chi connectivity index (χ2v) is 11.4. The van der Waals surface area contributed by atoms with Crippen LogP contribution >= 0.6 is 11.3 Å². The molecule has 4 amide bonds. The number of imide groups is 1. The van der Waals surface area contributed by atoms with Gasteiger partial charge in [-0.2, -0.15) is 13.2 Å². The second-order valence-electron chi connectivity index (χ2n) is 10.6. The lowest BCUT2D eigenvalue weighted by molar-refractivity contribution is -0.192. The van der Waals surface area contributed by atoms with E-state index in [1.165, 1.54) is 6.92 Å². The maximum absolute atomic E-state index is 13.7. The van der Waals surface area contributed by atoms with Crippen LogP contribution < -0.4 is 15.4 Å². The maximum Gasteiger partial charge on any atom is 0.490 e. The van der Waals surface area contributed by atoms with Gasteiger partial charge in [0.1, 0.15) is 30.1 Å². The van der Waals surface area contributed by atoms with Crippen molar-refractivity contribution in [2.45, 2.75) is 51.9 Å². The number of carbonyl (C=O) groups is 5. The van der Waals surface area contributed by atoms with E-state index >= 15 is 0 Å². The summed E-state index contributed by atoms with van der Waals surface area (Å²) in [5.41, 5.74) is 1.60. The average molecular weight is 692 g/mol. The molecule has 2 heterocycles. The van der Waals surface area contributed by atoms with E-state index in [4.69, 9.17) is 14.6 Å². The van der Waals surface area contributed by atoms with Crippen molar-refractivity contribution in [3.8, 4) is 5.75 Å². The van der Waals surface area contributed by atoms with Crippen molar-refractivity contribution in [3.05, 3.63) is 76.8 Å². The summed E-state index contributed by atoms with van der Waals surface area (Å²) in [5.74, 6) is -3.96. The number of thiazole rings is 1. The number of likely N-dealkylation sites (N-methyl/N-ethyl adjacent to an activating group) is 1. The molecule has 3 aromatic rings. The molecule has 0 spiro atoms. The first-order chi connectivity index (χ1) is 22.7. The average Bonchev–Trinajstić information content (AvgIpc) is 3.64. The minimum Gasteiger partial charge on any atom is -0.492 e. The lowest BCUT2D eigenvalue weighted by Gasteiger charge is -2.29. The lowest BCUT2D eigenvalue weighted by atomic mass is 9.91. The number of carbonyl (C=O) groups excluding carboxylic acids is 4. The summed E-state index contributed by atoms with van der Waals surface area (Å²) in [5, 5.41) is 14.3. The summed E-state index contributed by atoms with van der Waals surface area (Å²) in [6.45, 7) is 10.6. The second kappa shape index (κ2) is 16.8. The number of aromatic nitrogens is 1. The predicted molar refractivity (Wildman–Crippen MR) is 171 cm³/mol. The van der Waals surface area contributed by atoms with Crippen molar-refractivity contribution in [2.24, 2.45) is 0 Å². The molecule has 3 atom stereocenters. The Hall–Kier alpha value is -4.83. The first kappa shape index (κ1) is 37.6. The molecule has 1 aliphatic heterocycles. The van der Waals surface area contributed by atoms with Crippen molar-refractivity contribution in [2.75, 3.05) is 31.6 Å². The van der Waals surface area contributed by atoms with Crippen LogP contribution in [0.2, 0.25) is 0 Å². The van der Waals surface area contributed by atoms with E-state index in [1.54, 1.807) is 36.6 Å².